The van der Waals surface area contributed by atoms with Crippen LogP contribution in [0.1, 0.15) is 43.1 Å². The first-order chi connectivity index (χ1) is 16.0. The number of aromatic nitrogens is 2. The van der Waals surface area contributed by atoms with E-state index in [9.17, 15) is 9.90 Å². The second-order valence-corrected chi connectivity index (χ2v) is 8.00. The molecule has 33 heavy (non-hydrogen) atoms. The zero-order valence-electron chi connectivity index (χ0n) is 19.1. The number of benzene rings is 2. The third kappa shape index (κ3) is 5.03. The van der Waals surface area contributed by atoms with Crippen molar-refractivity contribution in [3.63, 3.8) is 0 Å². The standard InChI is InChI=1S/C26H28N2O5/c1-4-19-15-33-25(27-19)18-6-8-20(9-7-18)31-12-5-13-32-21-10-11-23-22(14-21)16(2)24(28-23)17(3)26(29)30/h6-11,14-15,17,28H,4-5,12-13H2,1-3H3,(H,29,30). The number of carboxylic acids is 1. The topological polar surface area (TPSA) is 97.6 Å². The van der Waals surface area contributed by atoms with Gasteiger partial charge in [0, 0.05) is 28.6 Å². The van der Waals surface area contributed by atoms with Gasteiger partial charge in [0.1, 0.15) is 17.8 Å². The summed E-state index contributed by atoms with van der Waals surface area (Å²) in [6.45, 7) is 6.70. The highest BCUT2D eigenvalue weighted by Gasteiger charge is 2.19. The van der Waals surface area contributed by atoms with Crippen molar-refractivity contribution in [2.24, 2.45) is 0 Å². The van der Waals surface area contributed by atoms with Gasteiger partial charge < -0.3 is 24.0 Å². The molecule has 2 N–H and O–H groups in total. The normalized spacial score (nSPS) is 12.1. The van der Waals surface area contributed by atoms with Crippen molar-refractivity contribution in [2.75, 3.05) is 13.2 Å². The van der Waals surface area contributed by atoms with Gasteiger partial charge in [-0.2, -0.15) is 0 Å². The number of nitrogens with one attached hydrogen (secondary N) is 1. The molecule has 0 amide bonds. The van der Waals surface area contributed by atoms with Crippen LogP contribution in [0.5, 0.6) is 11.5 Å². The number of hydrogen-bond acceptors (Lipinski definition) is 5. The minimum Gasteiger partial charge on any atom is -0.493 e. The molecular formula is C26H28N2O5. The Bertz CT molecular complexity index is 1240. The zero-order chi connectivity index (χ0) is 23.4. The summed E-state index contributed by atoms with van der Waals surface area (Å²) in [5, 5.41) is 10.3. The van der Waals surface area contributed by atoms with Crippen LogP contribution in [0.4, 0.5) is 0 Å². The number of ether oxygens (including phenoxy) is 2. The van der Waals surface area contributed by atoms with Gasteiger partial charge in [0.15, 0.2) is 0 Å². The van der Waals surface area contributed by atoms with E-state index in [4.69, 9.17) is 13.9 Å². The molecule has 7 heteroatoms. The molecular weight excluding hydrogens is 420 g/mol. The van der Waals surface area contributed by atoms with E-state index in [0.29, 0.717) is 19.1 Å². The summed E-state index contributed by atoms with van der Waals surface area (Å²) in [7, 11) is 0. The Kier molecular flexibility index (Phi) is 6.68. The maximum atomic E-state index is 11.3. The molecule has 2 heterocycles. The fourth-order valence-electron chi connectivity index (χ4n) is 3.71. The SMILES string of the molecule is CCc1coc(-c2ccc(OCCCOc3ccc4[nH]c(C(C)C(=O)O)c(C)c4c3)cc2)n1. The van der Waals surface area contributed by atoms with Crippen LogP contribution >= 0.6 is 0 Å². The van der Waals surface area contributed by atoms with Gasteiger partial charge in [0.25, 0.3) is 0 Å². The molecule has 7 nitrogen and oxygen atoms in total. The van der Waals surface area contributed by atoms with Crippen LogP contribution in [0, 0.1) is 6.92 Å². The highest BCUT2D eigenvalue weighted by Crippen LogP contribution is 2.30. The number of nitrogens with zero attached hydrogens (tertiary/aromatic N) is 1. The number of oxazole rings is 1. The Balaban J connectivity index is 1.27. The van der Waals surface area contributed by atoms with Crippen molar-refractivity contribution < 1.29 is 23.8 Å². The van der Waals surface area contributed by atoms with Crippen LogP contribution in [-0.4, -0.2) is 34.3 Å². The molecule has 0 saturated heterocycles. The lowest BCUT2D eigenvalue weighted by Gasteiger charge is -2.09. The van der Waals surface area contributed by atoms with E-state index in [-0.39, 0.29) is 0 Å². The molecule has 2 aromatic heterocycles. The van der Waals surface area contributed by atoms with Crippen LogP contribution < -0.4 is 9.47 Å². The van der Waals surface area contributed by atoms with Crippen molar-refractivity contribution >= 4 is 16.9 Å². The first kappa shape index (κ1) is 22.5. The number of aromatic amines is 1. The van der Waals surface area contributed by atoms with E-state index in [1.165, 1.54) is 0 Å². The Labute approximate surface area is 192 Å². The highest BCUT2D eigenvalue weighted by atomic mass is 16.5. The smallest absolute Gasteiger partial charge is 0.312 e. The Morgan fingerprint density at radius 3 is 2.48 bits per heavy atom. The van der Waals surface area contributed by atoms with Crippen molar-refractivity contribution in [2.45, 2.75) is 39.5 Å². The first-order valence-electron chi connectivity index (χ1n) is 11.1. The lowest BCUT2D eigenvalue weighted by molar-refractivity contribution is -0.138. The summed E-state index contributed by atoms with van der Waals surface area (Å²) in [5.74, 6) is 0.716. The summed E-state index contributed by atoms with van der Waals surface area (Å²) in [6, 6.07) is 13.4. The molecule has 0 saturated carbocycles. The summed E-state index contributed by atoms with van der Waals surface area (Å²) in [6.07, 6.45) is 3.26. The number of carbonyl (C=O) groups is 1. The van der Waals surface area contributed by atoms with Gasteiger partial charge in [-0.25, -0.2) is 4.98 Å². The predicted octanol–water partition coefficient (Wildman–Crippen LogP) is 5.73. The largest absolute Gasteiger partial charge is 0.493 e. The Morgan fingerprint density at radius 1 is 1.12 bits per heavy atom. The molecule has 0 bridgehead atoms. The number of rotatable bonds is 10. The summed E-state index contributed by atoms with van der Waals surface area (Å²) < 4.78 is 17.2. The van der Waals surface area contributed by atoms with E-state index < -0.39 is 11.9 Å². The molecule has 1 unspecified atom stereocenters. The van der Waals surface area contributed by atoms with Gasteiger partial charge in [-0.3, -0.25) is 4.79 Å². The van der Waals surface area contributed by atoms with Crippen molar-refractivity contribution in [3.8, 4) is 23.0 Å². The van der Waals surface area contributed by atoms with Crippen LogP contribution in [-0.2, 0) is 11.2 Å². The highest BCUT2D eigenvalue weighted by molar-refractivity contribution is 5.88. The number of H-pyrrole nitrogens is 1. The quantitative estimate of drug-likeness (QED) is 0.301. The second-order valence-electron chi connectivity index (χ2n) is 8.00. The molecule has 0 aliphatic carbocycles. The average molecular weight is 449 g/mol. The number of fused-ring (bicyclic) bond motifs is 1. The van der Waals surface area contributed by atoms with E-state index >= 15 is 0 Å². The molecule has 0 fully saturated rings. The van der Waals surface area contributed by atoms with Crippen molar-refractivity contribution in [3.05, 3.63) is 65.7 Å². The van der Waals surface area contributed by atoms with Gasteiger partial charge in [0.2, 0.25) is 5.89 Å². The number of carboxylic acid groups (broad SMARTS) is 1. The predicted molar refractivity (Wildman–Crippen MR) is 126 cm³/mol. The van der Waals surface area contributed by atoms with E-state index in [1.807, 2.05) is 56.3 Å². The Morgan fingerprint density at radius 2 is 1.82 bits per heavy atom. The molecule has 0 spiro atoms. The maximum Gasteiger partial charge on any atom is 0.312 e. The minimum absolute atomic E-state index is 0.515. The summed E-state index contributed by atoms with van der Waals surface area (Å²) >= 11 is 0. The van der Waals surface area contributed by atoms with E-state index in [0.717, 1.165) is 57.8 Å². The van der Waals surface area contributed by atoms with E-state index in [1.54, 1.807) is 13.2 Å². The number of hydrogen-bond donors (Lipinski definition) is 2. The van der Waals surface area contributed by atoms with Gasteiger partial charge in [-0.15, -0.1) is 0 Å². The fraction of sp³-hybridized carbons (Fsp3) is 0.308. The maximum absolute atomic E-state index is 11.3. The van der Waals surface area contributed by atoms with Gasteiger partial charge in [0.05, 0.1) is 24.8 Å². The van der Waals surface area contributed by atoms with Crippen molar-refractivity contribution in [1.29, 1.82) is 0 Å². The first-order valence-corrected chi connectivity index (χ1v) is 11.1. The molecule has 0 aliphatic heterocycles. The summed E-state index contributed by atoms with van der Waals surface area (Å²) in [4.78, 5) is 19.0. The second kappa shape index (κ2) is 9.81. The number of aliphatic carboxylic acids is 1. The molecule has 0 radical (unpaired) electrons. The molecule has 2 aromatic carbocycles. The van der Waals surface area contributed by atoms with Gasteiger partial charge in [-0.1, -0.05) is 6.92 Å². The van der Waals surface area contributed by atoms with Crippen molar-refractivity contribution in [1.82, 2.24) is 9.97 Å². The summed E-state index contributed by atoms with van der Waals surface area (Å²) in [5.41, 5.74) is 4.43. The molecule has 0 aliphatic rings. The lowest BCUT2D eigenvalue weighted by atomic mass is 10.0. The van der Waals surface area contributed by atoms with Crippen LogP contribution in [0.25, 0.3) is 22.4 Å². The molecule has 4 rings (SSSR count). The van der Waals surface area contributed by atoms with Crippen LogP contribution in [0.2, 0.25) is 0 Å². The Hall–Kier alpha value is -3.74. The lowest BCUT2D eigenvalue weighted by Crippen LogP contribution is -2.08. The molecule has 172 valence electrons. The van der Waals surface area contributed by atoms with Crippen LogP contribution in [0.3, 0.4) is 0 Å². The minimum atomic E-state index is -0.848. The van der Waals surface area contributed by atoms with Crippen LogP contribution in [0.15, 0.2) is 53.1 Å². The average Bonchev–Trinajstić information content (AvgIpc) is 3.43. The third-order valence-corrected chi connectivity index (χ3v) is 5.71. The van der Waals surface area contributed by atoms with Gasteiger partial charge in [-0.05, 0) is 68.3 Å². The monoisotopic (exact) mass is 448 g/mol. The zero-order valence-corrected chi connectivity index (χ0v) is 19.1. The molecule has 4 aromatic rings. The fourth-order valence-corrected chi connectivity index (χ4v) is 3.71. The number of aryl methyl sites for hydroxylation is 2. The van der Waals surface area contributed by atoms with Gasteiger partial charge >= 0.3 is 5.97 Å². The third-order valence-electron chi connectivity index (χ3n) is 5.71. The van der Waals surface area contributed by atoms with E-state index in [2.05, 4.69) is 9.97 Å². The molecule has 1 atom stereocenters.